The number of phosphoric acid groups is 1. The summed E-state index contributed by atoms with van der Waals surface area (Å²) in [4.78, 5) is 32.1. The number of rotatable bonds is 3. The molecule has 3 aliphatic carbocycles. The summed E-state index contributed by atoms with van der Waals surface area (Å²) in [6, 6.07) is 6.81. The van der Waals surface area contributed by atoms with Gasteiger partial charge >= 0.3 is 7.82 Å². The average Bonchev–Trinajstić information content (AvgIpc) is 2.65. The molecule has 4 aliphatic rings. The lowest BCUT2D eigenvalue weighted by Gasteiger charge is -2.66. The highest BCUT2D eigenvalue weighted by Crippen LogP contribution is 2.66. The summed E-state index contributed by atoms with van der Waals surface area (Å²) in [5.74, 6) is 0.834. The second kappa shape index (κ2) is 6.41. The van der Waals surface area contributed by atoms with Crippen LogP contribution in [0.2, 0.25) is 0 Å². The second-order valence-corrected chi connectivity index (χ2v) is 9.92. The molecule has 1 aliphatic heterocycles. The first kappa shape index (κ1) is 18.8. The van der Waals surface area contributed by atoms with E-state index in [1.54, 1.807) is 23.3 Å². The summed E-state index contributed by atoms with van der Waals surface area (Å²) in [6.45, 7) is 2.05. The smallest absolute Gasteiger partial charge is 0.317 e. The van der Waals surface area contributed by atoms with Crippen LogP contribution in [0.1, 0.15) is 63.9 Å². The largest absolute Gasteiger partial charge is 0.746 e. The fourth-order valence-electron chi connectivity index (χ4n) is 6.28. The van der Waals surface area contributed by atoms with E-state index < -0.39 is 19.0 Å². The van der Waals surface area contributed by atoms with Crippen molar-refractivity contribution in [3.8, 4) is 5.75 Å². The van der Waals surface area contributed by atoms with E-state index in [1.807, 2.05) is 13.0 Å². The van der Waals surface area contributed by atoms with Crippen LogP contribution in [0.5, 0.6) is 5.75 Å². The van der Waals surface area contributed by atoms with Gasteiger partial charge in [-0.15, -0.1) is 0 Å². The van der Waals surface area contributed by atoms with Crippen LogP contribution in [0.25, 0.3) is 0 Å². The number of fused-ring (bicyclic) bond motifs is 1. The summed E-state index contributed by atoms with van der Waals surface area (Å²) in [6.07, 6.45) is 9.41. The van der Waals surface area contributed by atoms with Crippen LogP contribution in [-0.4, -0.2) is 10.5 Å². The molecule has 1 N–H and O–H groups in total. The van der Waals surface area contributed by atoms with Crippen molar-refractivity contribution in [3.63, 3.8) is 0 Å². The molecule has 152 valence electrons. The SMILES string of the molecule is CC1(c2cccc(OP(=O)([O-])O)c2)OOC12C1CCCC2C2=C(CCCC2)C1. The predicted molar refractivity (Wildman–Crippen MR) is 100 cm³/mol. The van der Waals surface area contributed by atoms with E-state index in [4.69, 9.17) is 19.2 Å². The molecule has 5 unspecified atom stereocenters. The third-order valence-corrected chi connectivity index (χ3v) is 7.85. The number of benzene rings is 1. The van der Waals surface area contributed by atoms with Gasteiger partial charge in [0.05, 0.1) is 0 Å². The third-order valence-electron chi connectivity index (χ3n) is 7.41. The van der Waals surface area contributed by atoms with Gasteiger partial charge in [0.2, 0.25) is 0 Å². The molecule has 28 heavy (non-hydrogen) atoms. The van der Waals surface area contributed by atoms with E-state index >= 15 is 0 Å². The van der Waals surface area contributed by atoms with Gasteiger partial charge in [0, 0.05) is 5.92 Å². The Kier molecular flexibility index (Phi) is 4.31. The van der Waals surface area contributed by atoms with Crippen molar-refractivity contribution in [3.05, 3.63) is 41.0 Å². The molecule has 1 aromatic carbocycles. The van der Waals surface area contributed by atoms with E-state index in [1.165, 1.54) is 31.7 Å². The van der Waals surface area contributed by atoms with Crippen LogP contribution in [0.4, 0.5) is 0 Å². The molecule has 1 aromatic rings. The monoisotopic (exact) mass is 405 g/mol. The lowest BCUT2D eigenvalue weighted by molar-refractivity contribution is -0.581. The highest BCUT2D eigenvalue weighted by atomic mass is 31.2. The fourth-order valence-corrected chi connectivity index (χ4v) is 6.66. The van der Waals surface area contributed by atoms with Crippen molar-refractivity contribution in [2.24, 2.45) is 11.8 Å². The van der Waals surface area contributed by atoms with E-state index in [2.05, 4.69) is 0 Å². The molecule has 2 fully saturated rings. The minimum atomic E-state index is -4.86. The van der Waals surface area contributed by atoms with Crippen LogP contribution in [-0.2, 0) is 19.9 Å². The van der Waals surface area contributed by atoms with Crippen molar-refractivity contribution in [2.75, 3.05) is 0 Å². The molecule has 1 spiro atoms. The lowest BCUT2D eigenvalue weighted by atomic mass is 9.51. The molecule has 0 amide bonds. The lowest BCUT2D eigenvalue weighted by Crippen LogP contribution is -2.72. The summed E-state index contributed by atoms with van der Waals surface area (Å²) < 4.78 is 15.9. The maximum Gasteiger partial charge on any atom is 0.317 e. The minimum absolute atomic E-state index is 0.0868. The first-order chi connectivity index (χ1) is 13.3. The van der Waals surface area contributed by atoms with Gasteiger partial charge in [-0.05, 0) is 75.5 Å². The maximum atomic E-state index is 11.2. The third kappa shape index (κ3) is 2.66. The quantitative estimate of drug-likeness (QED) is 0.462. The van der Waals surface area contributed by atoms with Crippen LogP contribution < -0.4 is 9.42 Å². The van der Waals surface area contributed by atoms with Crippen LogP contribution in [0.3, 0.4) is 0 Å². The number of hydrogen-bond donors (Lipinski definition) is 1. The molecular formula is C21H26O6P-. The van der Waals surface area contributed by atoms with Crippen molar-refractivity contribution in [2.45, 2.75) is 69.5 Å². The Morgan fingerprint density at radius 1 is 1.21 bits per heavy atom. The average molecular weight is 405 g/mol. The van der Waals surface area contributed by atoms with Crippen LogP contribution in [0, 0.1) is 11.8 Å². The number of hydrogen-bond acceptors (Lipinski definition) is 5. The predicted octanol–water partition coefficient (Wildman–Crippen LogP) is 4.13. The van der Waals surface area contributed by atoms with Gasteiger partial charge in [-0.2, -0.15) is 0 Å². The Morgan fingerprint density at radius 2 is 2.04 bits per heavy atom. The van der Waals surface area contributed by atoms with Gasteiger partial charge in [-0.3, -0.25) is 4.57 Å². The van der Waals surface area contributed by atoms with Gasteiger partial charge in [0.15, 0.2) is 5.60 Å². The van der Waals surface area contributed by atoms with E-state index in [9.17, 15) is 9.46 Å². The van der Waals surface area contributed by atoms with Gasteiger partial charge < -0.3 is 14.3 Å². The van der Waals surface area contributed by atoms with E-state index in [0.717, 1.165) is 31.2 Å². The summed E-state index contributed by atoms with van der Waals surface area (Å²) >= 11 is 0. The summed E-state index contributed by atoms with van der Waals surface area (Å²) in [5, 5.41) is 0. The van der Waals surface area contributed by atoms with Gasteiger partial charge in [0.1, 0.15) is 11.4 Å². The first-order valence-electron chi connectivity index (χ1n) is 10.2. The Labute approximate surface area is 165 Å². The van der Waals surface area contributed by atoms with Gasteiger partial charge in [-0.1, -0.05) is 29.7 Å². The normalized spacial score (nSPS) is 39.1. The Bertz CT molecular complexity index is 875. The maximum absolute atomic E-state index is 11.2. The standard InChI is InChI=1S/C21H27O6P/c1-20(15-7-4-9-17(13-15)25-28(22,23)24)21(27-26-20)16-8-5-11-19(21)18-10-3-2-6-14(18)12-16/h4,7,9,13,16,19H,2-3,5-6,8,10-12H2,1H3,(H2,22,23,24)/p-1. The Balaban J connectivity index is 1.56. The number of phosphoric ester groups is 1. The minimum Gasteiger partial charge on any atom is -0.746 e. The molecular weight excluding hydrogens is 379 g/mol. The fraction of sp³-hybridized carbons (Fsp3) is 0.619. The second-order valence-electron chi connectivity index (χ2n) is 8.80. The first-order valence-corrected chi connectivity index (χ1v) is 11.7. The molecule has 5 rings (SSSR count). The Morgan fingerprint density at radius 3 is 2.79 bits per heavy atom. The summed E-state index contributed by atoms with van der Waals surface area (Å²) in [7, 11) is -4.86. The van der Waals surface area contributed by atoms with Gasteiger partial charge in [-0.25, -0.2) is 9.78 Å². The van der Waals surface area contributed by atoms with Crippen molar-refractivity contribution >= 4 is 7.82 Å². The highest BCUT2D eigenvalue weighted by molar-refractivity contribution is 7.45. The van der Waals surface area contributed by atoms with Crippen LogP contribution >= 0.6 is 7.82 Å². The van der Waals surface area contributed by atoms with Gasteiger partial charge in [0.25, 0.3) is 0 Å². The molecule has 7 heteroatoms. The molecule has 0 aromatic heterocycles. The zero-order valence-corrected chi connectivity index (χ0v) is 17.0. The van der Waals surface area contributed by atoms with Crippen molar-refractivity contribution < 1.29 is 28.7 Å². The molecule has 0 radical (unpaired) electrons. The number of allylic oxidation sites excluding steroid dienone is 1. The topological polar surface area (TPSA) is 88.1 Å². The molecule has 5 atom stereocenters. The van der Waals surface area contributed by atoms with E-state index in [0.29, 0.717) is 11.8 Å². The van der Waals surface area contributed by atoms with Crippen molar-refractivity contribution in [1.29, 1.82) is 0 Å². The summed E-state index contributed by atoms with van der Waals surface area (Å²) in [5.41, 5.74) is 2.96. The molecule has 1 heterocycles. The Hall–Kier alpha value is -1.17. The molecule has 1 saturated carbocycles. The zero-order chi connectivity index (χ0) is 19.6. The molecule has 1 saturated heterocycles. The highest BCUT2D eigenvalue weighted by Gasteiger charge is 2.71. The molecule has 6 nitrogen and oxygen atoms in total. The van der Waals surface area contributed by atoms with Crippen molar-refractivity contribution in [1.82, 2.24) is 0 Å². The van der Waals surface area contributed by atoms with Crippen LogP contribution in [0.15, 0.2) is 35.4 Å². The zero-order valence-electron chi connectivity index (χ0n) is 16.1. The molecule has 2 bridgehead atoms. The van der Waals surface area contributed by atoms with E-state index in [-0.39, 0.29) is 5.75 Å².